The van der Waals surface area contributed by atoms with Crippen LogP contribution in [0.2, 0.25) is 0 Å². The van der Waals surface area contributed by atoms with Gasteiger partial charge in [-0.05, 0) is 19.9 Å². The van der Waals surface area contributed by atoms with Crippen molar-refractivity contribution in [1.29, 1.82) is 0 Å². The van der Waals surface area contributed by atoms with Gasteiger partial charge >= 0.3 is 5.69 Å². The van der Waals surface area contributed by atoms with Crippen molar-refractivity contribution in [3.8, 4) is 5.75 Å². The highest BCUT2D eigenvalue weighted by Gasteiger charge is 2.21. The summed E-state index contributed by atoms with van der Waals surface area (Å²) in [4.78, 5) is 10.5. The first-order valence-corrected chi connectivity index (χ1v) is 5.74. The zero-order valence-corrected chi connectivity index (χ0v) is 10.7. The molecule has 0 saturated heterocycles. The van der Waals surface area contributed by atoms with Crippen molar-refractivity contribution in [3.63, 3.8) is 0 Å². The van der Waals surface area contributed by atoms with Gasteiger partial charge in [-0.15, -0.1) is 0 Å². The van der Waals surface area contributed by atoms with Crippen LogP contribution in [0.4, 0.5) is 11.4 Å². The van der Waals surface area contributed by atoms with Gasteiger partial charge in [0.15, 0.2) is 5.75 Å². The highest BCUT2D eigenvalue weighted by Crippen LogP contribution is 2.38. The number of nitro benzene ring substituents is 1. The largest absolute Gasteiger partial charge is 0.487 e. The van der Waals surface area contributed by atoms with Crippen LogP contribution < -0.4 is 10.1 Å². The highest BCUT2D eigenvalue weighted by molar-refractivity contribution is 9.10. The smallest absolute Gasteiger partial charge is 0.333 e. The first kappa shape index (κ1) is 12.8. The second-order valence-corrected chi connectivity index (χ2v) is 3.94. The normalized spacial score (nSPS) is 9.94. The fourth-order valence-electron chi connectivity index (χ4n) is 1.35. The first-order valence-electron chi connectivity index (χ1n) is 4.94. The van der Waals surface area contributed by atoms with Crippen molar-refractivity contribution < 1.29 is 9.66 Å². The van der Waals surface area contributed by atoms with Crippen LogP contribution in [0.3, 0.4) is 0 Å². The Morgan fingerprint density at radius 2 is 2.19 bits per heavy atom. The average Bonchev–Trinajstić information content (AvgIpc) is 2.17. The Labute approximate surface area is 102 Å². The van der Waals surface area contributed by atoms with Gasteiger partial charge in [-0.3, -0.25) is 10.1 Å². The number of hydrogen-bond donors (Lipinski definition) is 1. The van der Waals surface area contributed by atoms with Gasteiger partial charge in [0.25, 0.3) is 0 Å². The minimum atomic E-state index is -0.435. The lowest BCUT2D eigenvalue weighted by atomic mass is 10.2. The van der Waals surface area contributed by atoms with Crippen LogP contribution in [0.5, 0.6) is 5.75 Å². The summed E-state index contributed by atoms with van der Waals surface area (Å²) >= 11 is 3.29. The summed E-state index contributed by atoms with van der Waals surface area (Å²) in [6.45, 7) is 4.67. The summed E-state index contributed by atoms with van der Waals surface area (Å²) in [7, 11) is 0. The van der Waals surface area contributed by atoms with Crippen LogP contribution in [0.1, 0.15) is 13.8 Å². The third-order valence-electron chi connectivity index (χ3n) is 1.89. The molecule has 16 heavy (non-hydrogen) atoms. The molecule has 0 atom stereocenters. The van der Waals surface area contributed by atoms with Crippen LogP contribution in [0.25, 0.3) is 0 Å². The number of nitrogens with zero attached hydrogens (tertiary/aromatic N) is 1. The number of nitro groups is 1. The zero-order chi connectivity index (χ0) is 12.1. The van der Waals surface area contributed by atoms with Crippen molar-refractivity contribution in [2.75, 3.05) is 18.5 Å². The lowest BCUT2D eigenvalue weighted by Crippen LogP contribution is -2.04. The number of benzene rings is 1. The summed E-state index contributed by atoms with van der Waals surface area (Å²) in [6.07, 6.45) is 0. The van der Waals surface area contributed by atoms with Crippen LogP contribution in [-0.4, -0.2) is 18.1 Å². The molecular weight excluding hydrogens is 276 g/mol. The summed E-state index contributed by atoms with van der Waals surface area (Å²) in [5.74, 6) is 0.276. The van der Waals surface area contributed by atoms with Crippen molar-refractivity contribution in [3.05, 3.63) is 26.7 Å². The van der Waals surface area contributed by atoms with E-state index in [0.29, 0.717) is 18.8 Å². The number of nitrogens with one attached hydrogen (secondary N) is 1. The molecule has 0 bridgehead atoms. The number of ether oxygens (including phenoxy) is 1. The van der Waals surface area contributed by atoms with Gasteiger partial charge < -0.3 is 10.1 Å². The standard InChI is InChI=1S/C10H13BrN2O3/c1-3-12-8-5-7(11)6-9(16-4-2)10(8)13(14)15/h5-6,12H,3-4H2,1-2H3. The predicted octanol–water partition coefficient (Wildman–Crippen LogP) is 3.19. The molecule has 0 aliphatic carbocycles. The van der Waals surface area contributed by atoms with Crippen LogP contribution in [0.15, 0.2) is 16.6 Å². The van der Waals surface area contributed by atoms with Gasteiger partial charge in [0.05, 0.1) is 11.5 Å². The van der Waals surface area contributed by atoms with E-state index in [2.05, 4.69) is 21.2 Å². The molecule has 0 aliphatic rings. The molecule has 0 radical (unpaired) electrons. The molecule has 0 aliphatic heterocycles. The fraction of sp³-hybridized carbons (Fsp3) is 0.400. The van der Waals surface area contributed by atoms with E-state index in [1.165, 1.54) is 0 Å². The van der Waals surface area contributed by atoms with E-state index in [9.17, 15) is 10.1 Å². The summed E-state index contributed by atoms with van der Waals surface area (Å²) in [5.41, 5.74) is 0.442. The SMILES string of the molecule is CCNc1cc(Br)cc(OCC)c1[N+](=O)[O-]. The number of halogens is 1. The molecule has 0 spiro atoms. The quantitative estimate of drug-likeness (QED) is 0.668. The van der Waals surface area contributed by atoms with Crippen molar-refractivity contribution in [2.24, 2.45) is 0 Å². The van der Waals surface area contributed by atoms with Crippen LogP contribution in [0, 0.1) is 10.1 Å². The van der Waals surface area contributed by atoms with Crippen molar-refractivity contribution >= 4 is 27.3 Å². The Morgan fingerprint density at radius 1 is 1.50 bits per heavy atom. The Hall–Kier alpha value is -1.30. The third-order valence-corrected chi connectivity index (χ3v) is 2.35. The number of hydrogen-bond acceptors (Lipinski definition) is 4. The minimum Gasteiger partial charge on any atom is -0.487 e. The predicted molar refractivity (Wildman–Crippen MR) is 66.1 cm³/mol. The van der Waals surface area contributed by atoms with Crippen molar-refractivity contribution in [2.45, 2.75) is 13.8 Å². The Morgan fingerprint density at radius 3 is 2.69 bits per heavy atom. The lowest BCUT2D eigenvalue weighted by Gasteiger charge is -2.10. The molecule has 0 unspecified atom stereocenters. The lowest BCUT2D eigenvalue weighted by molar-refractivity contribution is -0.384. The van der Waals surface area contributed by atoms with Gasteiger partial charge in [0.2, 0.25) is 0 Å². The maximum absolute atomic E-state index is 11.0. The molecule has 6 heteroatoms. The van der Waals surface area contributed by atoms with Gasteiger partial charge in [-0.25, -0.2) is 0 Å². The maximum atomic E-state index is 11.0. The topological polar surface area (TPSA) is 64.4 Å². The van der Waals surface area contributed by atoms with E-state index >= 15 is 0 Å². The number of rotatable bonds is 5. The van der Waals surface area contributed by atoms with Gasteiger partial charge in [-0.2, -0.15) is 0 Å². The average molecular weight is 289 g/mol. The van der Waals surface area contributed by atoms with E-state index in [0.717, 1.165) is 4.47 Å². The van der Waals surface area contributed by atoms with Gasteiger partial charge in [0, 0.05) is 17.1 Å². The molecule has 0 saturated carbocycles. The molecule has 0 heterocycles. The Balaban J connectivity index is 3.29. The summed E-state index contributed by atoms with van der Waals surface area (Å²) in [6, 6.07) is 3.27. The molecule has 0 aromatic heterocycles. The second-order valence-electron chi connectivity index (χ2n) is 3.02. The van der Waals surface area contributed by atoms with Crippen molar-refractivity contribution in [1.82, 2.24) is 0 Å². The Kier molecular flexibility index (Phi) is 4.54. The maximum Gasteiger partial charge on any atom is 0.333 e. The summed E-state index contributed by atoms with van der Waals surface area (Å²) < 4.78 is 6.00. The first-order chi connectivity index (χ1) is 7.60. The molecule has 1 N–H and O–H groups in total. The molecule has 88 valence electrons. The van der Waals surface area contributed by atoms with Crippen LogP contribution >= 0.6 is 15.9 Å². The minimum absolute atomic E-state index is 0.0214. The molecule has 0 amide bonds. The van der Waals surface area contributed by atoms with E-state index in [-0.39, 0.29) is 11.4 Å². The third kappa shape index (κ3) is 2.85. The zero-order valence-electron chi connectivity index (χ0n) is 9.12. The van der Waals surface area contributed by atoms with E-state index in [4.69, 9.17) is 4.74 Å². The van der Waals surface area contributed by atoms with Gasteiger partial charge in [0.1, 0.15) is 5.69 Å². The van der Waals surface area contributed by atoms with E-state index < -0.39 is 4.92 Å². The second kappa shape index (κ2) is 5.69. The van der Waals surface area contributed by atoms with Gasteiger partial charge in [-0.1, -0.05) is 15.9 Å². The summed E-state index contributed by atoms with van der Waals surface area (Å²) in [5, 5.41) is 13.9. The van der Waals surface area contributed by atoms with E-state index in [1.54, 1.807) is 19.1 Å². The monoisotopic (exact) mass is 288 g/mol. The van der Waals surface area contributed by atoms with E-state index in [1.807, 2.05) is 6.92 Å². The molecule has 1 rings (SSSR count). The number of anilines is 1. The molecule has 1 aromatic rings. The molecular formula is C10H13BrN2O3. The van der Waals surface area contributed by atoms with Crippen LogP contribution in [-0.2, 0) is 0 Å². The fourth-order valence-corrected chi connectivity index (χ4v) is 1.79. The molecule has 0 fully saturated rings. The molecule has 1 aromatic carbocycles. The highest BCUT2D eigenvalue weighted by atomic mass is 79.9. The molecule has 5 nitrogen and oxygen atoms in total. The Bertz CT molecular complexity index is 369.